The van der Waals surface area contributed by atoms with E-state index in [0.717, 1.165) is 179 Å². The van der Waals surface area contributed by atoms with E-state index in [9.17, 15) is 0 Å². The summed E-state index contributed by atoms with van der Waals surface area (Å²) in [5, 5.41) is 6.89. The molecule has 596 valence electrons. The predicted octanol–water partition coefficient (Wildman–Crippen LogP) is 30.0. The summed E-state index contributed by atoms with van der Waals surface area (Å²) in [7, 11) is 0. The second kappa shape index (κ2) is 30.0. The number of benzene rings is 18. The Bertz CT molecular complexity index is 8020. The van der Waals surface area contributed by atoms with Gasteiger partial charge in [-0.15, -0.1) is 0 Å². The van der Waals surface area contributed by atoms with Crippen LogP contribution in [0.2, 0.25) is 0 Å². The Kier molecular flexibility index (Phi) is 17.3. The lowest BCUT2D eigenvalue weighted by Gasteiger charge is -2.39. The van der Waals surface area contributed by atoms with Crippen LogP contribution in [0, 0.1) is 0 Å². The molecule has 6 heterocycles. The third kappa shape index (κ3) is 11.9. The smallest absolute Gasteiger partial charge is 0.160 e. The molecule has 0 amide bonds. The van der Waals surface area contributed by atoms with Crippen molar-refractivity contribution in [1.82, 2.24) is 29.9 Å². The van der Waals surface area contributed by atoms with Gasteiger partial charge in [0.05, 0.1) is 56.0 Å². The molecule has 0 saturated heterocycles. The number of nitrogens with zero attached hydrogens (tertiary/aromatic N) is 6. The fraction of sp³-hybridized carbons (Fsp3) is 0.0167. The predicted molar refractivity (Wildman–Crippen MR) is 519 cm³/mol. The molecule has 0 saturated carbocycles. The number of pyridine rings is 2. The van der Waals surface area contributed by atoms with Crippen LogP contribution in [0.3, 0.4) is 0 Å². The van der Waals surface area contributed by atoms with Gasteiger partial charge in [-0.05, 0) is 156 Å². The molecule has 18 aromatic carbocycles. The largest absolute Gasteiger partial charge is 0.457 e. The zero-order chi connectivity index (χ0) is 84.4. The van der Waals surface area contributed by atoms with E-state index in [0.29, 0.717) is 11.6 Å². The first-order chi connectivity index (χ1) is 63.4. The van der Waals surface area contributed by atoms with Crippen LogP contribution in [0.15, 0.2) is 449 Å². The topological polar surface area (TPSA) is 95.8 Å². The van der Waals surface area contributed by atoms with Crippen LogP contribution in [-0.2, 0) is 10.8 Å². The molecule has 0 N–H and O–H groups in total. The highest BCUT2D eigenvalue weighted by Gasteiger charge is 2.53. The lowest BCUT2D eigenvalue weighted by molar-refractivity contribution is 0.436. The van der Waals surface area contributed by atoms with E-state index in [2.05, 4.69) is 376 Å². The lowest BCUT2D eigenvalue weighted by Crippen LogP contribution is -2.32. The standard InChI is InChI=1S/2C60H37N3O/c1-3-16-39(17-4-1)54-37-55(63-59(62-54)41-18-5-2-6-19-41)43-21-15-20-42(34-43)38-30-32-40(33-31-38)58-48-35-47-44-22-7-9-24-49(44)60(52(47)36-46(48)45-23-8-12-27-53(45)61-58)50-25-10-13-28-56(50)64-57-29-14-11-26-51(57)60;1-3-15-40(16-4-1)54-37-55(63-59(62-54)43-17-5-2-6-18-43)41-31-27-38(28-32-41)39-29-33-42(34-30-39)58-48-35-47-44-19-7-9-21-49(44)60(52(47)36-46(48)45-20-8-12-24-53(45)61-58)50-22-10-13-25-56(50)64-57-26-14-11-23-51(57)60/h2*1-37H. The maximum absolute atomic E-state index is 6.63. The van der Waals surface area contributed by atoms with E-state index in [-0.39, 0.29) is 0 Å². The third-order valence-electron chi connectivity index (χ3n) is 26.3. The van der Waals surface area contributed by atoms with E-state index >= 15 is 0 Å². The van der Waals surface area contributed by atoms with Gasteiger partial charge in [0.2, 0.25) is 0 Å². The SMILES string of the molecule is c1ccc(-c2cc(-c3ccc(-c4ccc(-c5nc6ccccc6c6cc7c(cc56)-c5ccccc5C75c6ccccc6Oc6ccccc65)cc4)cc3)nc(-c3ccccc3)n2)cc1.c1ccc(-c2cc(-c3cccc(-c4ccc(-c5nc6ccccc6c6cc7c(cc56)-c5ccccc5C75c6ccccc6Oc6ccccc65)cc4)c3)nc(-c3ccccc3)n2)cc1. The molecule has 0 radical (unpaired) electrons. The molecule has 0 unspecified atom stereocenters. The van der Waals surface area contributed by atoms with Gasteiger partial charge in [-0.1, -0.05) is 370 Å². The van der Waals surface area contributed by atoms with Crippen molar-refractivity contribution in [2.45, 2.75) is 10.8 Å². The van der Waals surface area contributed by atoms with Gasteiger partial charge < -0.3 is 9.47 Å². The molecule has 4 aromatic heterocycles. The number of fused-ring (bicyclic) bond motifs is 24. The minimum absolute atomic E-state index is 0.547. The quantitative estimate of drug-likeness (QED) is 0.125. The van der Waals surface area contributed by atoms with Gasteiger partial charge in [-0.25, -0.2) is 29.9 Å². The Balaban J connectivity index is 0.000000139. The molecule has 0 bridgehead atoms. The van der Waals surface area contributed by atoms with Crippen LogP contribution in [-0.4, -0.2) is 29.9 Å². The first-order valence-corrected chi connectivity index (χ1v) is 43.5. The van der Waals surface area contributed by atoms with Crippen molar-refractivity contribution in [2.75, 3.05) is 0 Å². The molecular formula is C120H74N6O2. The molecule has 26 rings (SSSR count). The normalized spacial score (nSPS) is 12.9. The monoisotopic (exact) mass is 1630 g/mol. The first-order valence-electron chi connectivity index (χ1n) is 43.5. The highest BCUT2D eigenvalue weighted by atomic mass is 16.5. The zero-order valence-electron chi connectivity index (χ0n) is 69.2. The number of hydrogen-bond donors (Lipinski definition) is 0. The summed E-state index contributed by atoms with van der Waals surface area (Å²) in [6, 6.07) is 159. The molecule has 128 heavy (non-hydrogen) atoms. The highest BCUT2D eigenvalue weighted by Crippen LogP contribution is 2.65. The number of hydrogen-bond acceptors (Lipinski definition) is 8. The van der Waals surface area contributed by atoms with Gasteiger partial charge in [0.25, 0.3) is 0 Å². The second-order valence-electron chi connectivity index (χ2n) is 33.3. The average Bonchev–Trinajstić information content (AvgIpc) is 1.51. The van der Waals surface area contributed by atoms with E-state index in [1.54, 1.807) is 0 Å². The number of para-hydroxylation sites is 6. The van der Waals surface area contributed by atoms with Gasteiger partial charge in [0.1, 0.15) is 23.0 Å². The summed E-state index contributed by atoms with van der Waals surface area (Å²) < 4.78 is 13.2. The van der Waals surface area contributed by atoms with Gasteiger partial charge in [0, 0.05) is 88.3 Å². The molecule has 0 fully saturated rings. The van der Waals surface area contributed by atoms with Crippen LogP contribution >= 0.6 is 0 Å². The Labute approximate surface area is 739 Å². The molecule has 2 aliphatic heterocycles. The van der Waals surface area contributed by atoms with E-state index in [1.807, 2.05) is 72.8 Å². The lowest BCUT2D eigenvalue weighted by atomic mass is 9.66. The van der Waals surface area contributed by atoms with Gasteiger partial charge >= 0.3 is 0 Å². The Morgan fingerprint density at radius 1 is 0.156 bits per heavy atom. The van der Waals surface area contributed by atoms with Crippen LogP contribution < -0.4 is 9.47 Å². The second-order valence-corrected chi connectivity index (χ2v) is 33.3. The summed E-state index contributed by atoms with van der Waals surface area (Å²) >= 11 is 0. The maximum atomic E-state index is 6.63. The third-order valence-corrected chi connectivity index (χ3v) is 26.3. The van der Waals surface area contributed by atoms with Crippen molar-refractivity contribution < 1.29 is 9.47 Å². The molecule has 2 aliphatic carbocycles. The maximum Gasteiger partial charge on any atom is 0.160 e. The van der Waals surface area contributed by atoms with E-state index in [1.165, 1.54) is 55.3 Å². The molecule has 4 aliphatic rings. The summed E-state index contributed by atoms with van der Waals surface area (Å²) in [6.45, 7) is 0. The fourth-order valence-electron chi connectivity index (χ4n) is 20.5. The summed E-state index contributed by atoms with van der Waals surface area (Å²) in [5.74, 6) is 4.97. The van der Waals surface area contributed by atoms with Gasteiger partial charge in [-0.3, -0.25) is 0 Å². The Morgan fingerprint density at radius 2 is 0.445 bits per heavy atom. The van der Waals surface area contributed by atoms with Gasteiger partial charge in [-0.2, -0.15) is 0 Å². The number of ether oxygens (including phenoxy) is 2. The average molecular weight is 1630 g/mol. The van der Waals surface area contributed by atoms with Crippen molar-refractivity contribution >= 4 is 43.4 Å². The van der Waals surface area contributed by atoms with Gasteiger partial charge in [0.15, 0.2) is 11.6 Å². The van der Waals surface area contributed by atoms with Crippen LogP contribution in [0.1, 0.15) is 44.5 Å². The highest BCUT2D eigenvalue weighted by molar-refractivity contribution is 6.16. The van der Waals surface area contributed by atoms with Crippen LogP contribution in [0.25, 0.3) is 178 Å². The van der Waals surface area contributed by atoms with E-state index < -0.39 is 10.8 Å². The molecule has 2 spiro atoms. The van der Waals surface area contributed by atoms with Crippen molar-refractivity contribution in [1.29, 1.82) is 0 Å². The molecule has 22 aromatic rings. The minimum Gasteiger partial charge on any atom is -0.457 e. The molecule has 8 nitrogen and oxygen atoms in total. The zero-order valence-corrected chi connectivity index (χ0v) is 69.2. The number of aromatic nitrogens is 6. The van der Waals surface area contributed by atoms with Crippen molar-refractivity contribution in [2.24, 2.45) is 0 Å². The minimum atomic E-state index is -0.551. The van der Waals surface area contributed by atoms with E-state index in [4.69, 9.17) is 39.4 Å². The van der Waals surface area contributed by atoms with Crippen LogP contribution in [0.5, 0.6) is 23.0 Å². The first kappa shape index (κ1) is 73.8. The number of rotatable bonds is 10. The fourth-order valence-corrected chi connectivity index (χ4v) is 20.5. The Hall–Kier alpha value is -16.9. The Morgan fingerprint density at radius 3 is 0.844 bits per heavy atom. The summed E-state index contributed by atoms with van der Waals surface area (Å²) in [5.41, 5.74) is 33.7. The summed E-state index contributed by atoms with van der Waals surface area (Å²) in [6.07, 6.45) is 0. The van der Waals surface area contributed by atoms with Crippen molar-refractivity contribution in [3.63, 3.8) is 0 Å². The molecule has 0 atom stereocenters. The van der Waals surface area contributed by atoms with Crippen LogP contribution in [0.4, 0.5) is 0 Å². The van der Waals surface area contributed by atoms with Crippen molar-refractivity contribution in [3.05, 3.63) is 493 Å². The molecular weight excluding hydrogens is 1560 g/mol. The van der Waals surface area contributed by atoms with Crippen molar-refractivity contribution in [3.8, 4) is 158 Å². The molecule has 8 heteroatoms. The summed E-state index contributed by atoms with van der Waals surface area (Å²) in [4.78, 5) is 31.0.